The van der Waals surface area contributed by atoms with Crippen LogP contribution in [0.5, 0.6) is 5.75 Å². The fraction of sp³-hybridized carbons (Fsp3) is 0.500. The number of urea groups is 1. The van der Waals surface area contributed by atoms with Crippen molar-refractivity contribution in [3.05, 3.63) is 125 Å². The fourth-order valence-electron chi connectivity index (χ4n) is 15.6. The van der Waals surface area contributed by atoms with Gasteiger partial charge in [0.25, 0.3) is 27.8 Å². The van der Waals surface area contributed by atoms with E-state index in [0.717, 1.165) is 77.7 Å². The van der Waals surface area contributed by atoms with Crippen LogP contribution in [0.3, 0.4) is 0 Å². The lowest BCUT2D eigenvalue weighted by atomic mass is 9.51. The second-order valence-electron chi connectivity index (χ2n) is 29.2. The van der Waals surface area contributed by atoms with Gasteiger partial charge in [0, 0.05) is 98.5 Å². The molecule has 107 heavy (non-hydrogen) atoms. The van der Waals surface area contributed by atoms with Gasteiger partial charge in [0.15, 0.2) is 10.8 Å². The summed E-state index contributed by atoms with van der Waals surface area (Å²) < 4.78 is 54.0. The van der Waals surface area contributed by atoms with Gasteiger partial charge in [0.2, 0.25) is 17.7 Å². The molecule has 0 saturated heterocycles. The van der Waals surface area contributed by atoms with Gasteiger partial charge >= 0.3 is 18.1 Å². The predicted octanol–water partition coefficient (Wildman–Crippen LogP) is 9.72. The topological polar surface area (TPSA) is 395 Å². The first-order chi connectivity index (χ1) is 51.0. The van der Waals surface area contributed by atoms with Crippen molar-refractivity contribution < 1.29 is 75.4 Å². The van der Waals surface area contributed by atoms with Crippen LogP contribution in [0.25, 0.3) is 21.3 Å². The monoisotopic (exact) mass is 1510 g/mol. The number of hydrogen-bond donors (Lipinski definition) is 8. The Bertz CT molecular complexity index is 4380. The number of likely N-dealkylation sites (N-methyl/N-ethyl adjacent to an activating group) is 1. The molecule has 29 nitrogen and oxygen atoms in total. The summed E-state index contributed by atoms with van der Waals surface area (Å²) in [5, 5.41) is 30.1. The number of thiazole rings is 1. The van der Waals surface area contributed by atoms with E-state index in [1.807, 2.05) is 40.8 Å². The molecule has 0 spiro atoms. The molecular weight excluding hydrogens is 1420 g/mol. The Balaban J connectivity index is 0.738. The first-order valence-corrected chi connectivity index (χ1v) is 38.9. The molecule has 4 aliphatic rings. The fourth-order valence-corrected chi connectivity index (χ4v) is 16.9. The van der Waals surface area contributed by atoms with E-state index in [1.165, 1.54) is 28.4 Å². The van der Waals surface area contributed by atoms with Crippen molar-refractivity contribution in [1.82, 2.24) is 45.5 Å². The van der Waals surface area contributed by atoms with Gasteiger partial charge in [0.05, 0.1) is 41.0 Å². The highest BCUT2D eigenvalue weighted by Gasteiger charge is 2.55. The number of ether oxygens (including phenoxy) is 3. The van der Waals surface area contributed by atoms with E-state index in [4.69, 9.17) is 30.0 Å². The van der Waals surface area contributed by atoms with Crippen LogP contribution in [-0.2, 0) is 69.7 Å². The summed E-state index contributed by atoms with van der Waals surface area (Å²) >= 11 is 1.34. The highest BCUT2D eigenvalue weighted by Crippen LogP contribution is 2.61. The van der Waals surface area contributed by atoms with E-state index in [0.29, 0.717) is 89.0 Å². The Hall–Kier alpha value is -9.85. The van der Waals surface area contributed by atoms with E-state index in [9.17, 15) is 61.2 Å². The molecule has 2 bridgehead atoms. The van der Waals surface area contributed by atoms with E-state index < -0.39 is 69.4 Å². The molecule has 2 aliphatic carbocycles. The van der Waals surface area contributed by atoms with Gasteiger partial charge < -0.3 is 56.1 Å². The molecule has 3 aromatic carbocycles. The number of carbonyl (C=O) groups is 9. The van der Waals surface area contributed by atoms with Crippen molar-refractivity contribution in [2.45, 2.75) is 175 Å². The number of nitrogens with one attached hydrogen (secondary N) is 5. The third-order valence-electron chi connectivity index (χ3n) is 20.4. The Morgan fingerprint density at radius 2 is 1.61 bits per heavy atom. The molecule has 5 heterocycles. The van der Waals surface area contributed by atoms with Gasteiger partial charge in [-0.1, -0.05) is 82.6 Å². The quantitative estimate of drug-likeness (QED) is 0.0103. The number of aromatic carboxylic acids is 1. The molecule has 2 aliphatic heterocycles. The number of primary amides is 1. The van der Waals surface area contributed by atoms with Crippen LogP contribution in [0.1, 0.15) is 167 Å². The lowest BCUT2D eigenvalue weighted by molar-refractivity contribution is -0.167. The number of rotatable bonds is 36. The van der Waals surface area contributed by atoms with Crippen molar-refractivity contribution in [3.63, 3.8) is 0 Å². The van der Waals surface area contributed by atoms with Crippen LogP contribution in [0.15, 0.2) is 91.1 Å². The number of fused-ring (bicyclic) bond motifs is 4. The average molecular weight is 1510 g/mol. The van der Waals surface area contributed by atoms with Gasteiger partial charge in [0.1, 0.15) is 30.3 Å². The lowest BCUT2D eigenvalue weighted by Crippen LogP contribution is -2.54. The highest BCUT2D eigenvalue weighted by molar-refractivity contribution is 7.85. The van der Waals surface area contributed by atoms with Crippen molar-refractivity contribution in [2.24, 2.45) is 22.5 Å². The number of nitrogens with two attached hydrogens (primary N) is 1. The normalized spacial score (nSPS) is 18.9. The van der Waals surface area contributed by atoms with E-state index in [2.05, 4.69) is 45.4 Å². The molecule has 3 unspecified atom stereocenters. The first-order valence-electron chi connectivity index (χ1n) is 36.5. The number of benzene rings is 3. The van der Waals surface area contributed by atoms with Gasteiger partial charge in [-0.3, -0.25) is 48.2 Å². The van der Waals surface area contributed by atoms with Gasteiger partial charge in [-0.25, -0.2) is 24.4 Å². The molecule has 31 heteroatoms. The zero-order valence-electron chi connectivity index (χ0n) is 61.4. The summed E-state index contributed by atoms with van der Waals surface area (Å²) in [6.45, 7) is 11.9. The van der Waals surface area contributed by atoms with Crippen molar-refractivity contribution in [1.29, 1.82) is 0 Å². The largest absolute Gasteiger partial charge is 0.493 e. The predicted molar refractivity (Wildman–Crippen MR) is 402 cm³/mol. The number of carboxylic acid groups (broad SMARTS) is 1. The van der Waals surface area contributed by atoms with Crippen LogP contribution in [0.4, 0.5) is 26.2 Å². The third-order valence-corrected chi connectivity index (χ3v) is 22.2. The molecule has 5 atom stereocenters. The van der Waals surface area contributed by atoms with E-state index in [-0.39, 0.29) is 112 Å². The van der Waals surface area contributed by atoms with Crippen molar-refractivity contribution in [3.8, 4) is 16.9 Å². The maximum absolute atomic E-state index is 14.2. The highest BCUT2D eigenvalue weighted by atomic mass is 32.2. The number of para-hydroxylation sites is 1. The molecule has 10 rings (SSSR count). The second kappa shape index (κ2) is 35.2. The second-order valence-corrected chi connectivity index (χ2v) is 31.8. The molecule has 0 radical (unpaired) electrons. The van der Waals surface area contributed by atoms with E-state index >= 15 is 0 Å². The summed E-state index contributed by atoms with van der Waals surface area (Å²) in [7, 11) is -2.55. The van der Waals surface area contributed by atoms with E-state index in [1.54, 1.807) is 75.6 Å². The molecule has 2 saturated carbocycles. The molecule has 9 N–H and O–H groups in total. The molecule has 6 aromatic rings. The van der Waals surface area contributed by atoms with Crippen molar-refractivity contribution >= 4 is 102 Å². The van der Waals surface area contributed by atoms with Crippen LogP contribution in [0.2, 0.25) is 0 Å². The minimum Gasteiger partial charge on any atom is -0.493 e. The average Bonchev–Trinajstić information content (AvgIpc) is 1.47. The SMILES string of the molecule is CCCC1(OCCN(C)C(=O)OCc2ccc(NC(=O)[C@H](CCCNC(N)=O)NC(=O)[C@@H](NC(=O)CCCCCN3C(=O)C=CC3=O)C(C)C)cc2)CC2(C)CCCC(Cn3ncc(-c4ccc(N5CCc6c(OCCCS(=O)(=O)O)ccc(C(=O)Nc7nc8ccccc8s7)c6C5)nc4C(=O)O)c3C)(C2)C1. The lowest BCUT2D eigenvalue weighted by Gasteiger charge is -2.58. The Morgan fingerprint density at radius 3 is 2.33 bits per heavy atom. The maximum Gasteiger partial charge on any atom is 0.409 e. The Kier molecular flexibility index (Phi) is 26.3. The summed E-state index contributed by atoms with van der Waals surface area (Å²) in [6.07, 6.45) is 13.2. The van der Waals surface area contributed by atoms with Crippen LogP contribution >= 0.6 is 11.3 Å². The summed E-state index contributed by atoms with van der Waals surface area (Å²) in [6, 6.07) is 18.3. The van der Waals surface area contributed by atoms with Gasteiger partial charge in [-0.05, 0) is 160 Å². The van der Waals surface area contributed by atoms with Gasteiger partial charge in [-0.2, -0.15) is 13.5 Å². The number of carbonyl (C=O) groups excluding carboxylic acids is 8. The number of nitrogens with zero attached hydrogens (tertiary/aromatic N) is 7. The first kappa shape index (κ1) is 79.7. The number of pyridine rings is 1. The maximum atomic E-state index is 14.2. The number of aromatic nitrogens is 4. The zero-order valence-corrected chi connectivity index (χ0v) is 63.0. The zero-order chi connectivity index (χ0) is 76.8. The summed E-state index contributed by atoms with van der Waals surface area (Å²) in [5.74, 6) is -3.86. The summed E-state index contributed by atoms with van der Waals surface area (Å²) in [4.78, 5) is 131. The van der Waals surface area contributed by atoms with Crippen LogP contribution in [-0.4, -0.2) is 171 Å². The molecule has 3 aromatic heterocycles. The minimum atomic E-state index is -4.21. The molecular formula is C76H97N13O16S2. The number of imide groups is 1. The van der Waals surface area contributed by atoms with Gasteiger partial charge in [-0.15, -0.1) is 0 Å². The summed E-state index contributed by atoms with van der Waals surface area (Å²) in [5.41, 5.74) is 9.62. The Labute approximate surface area is 626 Å². The smallest absolute Gasteiger partial charge is 0.409 e. The third kappa shape index (κ3) is 20.9. The number of amides is 9. The Morgan fingerprint density at radius 1 is 0.841 bits per heavy atom. The number of anilines is 3. The number of hydrogen-bond acceptors (Lipinski definition) is 19. The molecule has 2 fully saturated rings. The number of unbranched alkanes of at least 4 members (excludes halogenated alkanes) is 2. The molecule has 9 amide bonds. The molecule has 574 valence electrons. The standard InChI is InChI=1S/C76H97N13O16S2/c1-7-31-76(105-39-37-86(6)73(99)104-43-50-20-22-51(23-21-50)80-68(94)58(17-13-34-78-71(77)98)81-69(95)65(48(2)3)84-62(90)19-9-8-12-35-88-63(91)28-29-64(88)92)45-74(5)32-14-33-75(44-74,46-76)47-89-49(4)55(41-79-89)53-25-27-61(83-66(53)70(96)97)87-36-30-52-56(42-87)54(24-26-59(52)103-38-15-40-107(100,101)102)67(93)85-72-82-57-16-10-11-18-60(57)106-72/h10-11,16,18,20-29,41,48,58,65H,7-9,12-15,17,19,30-40,42-47H2,1-6H3,(H,80,94)(H,81,95)(H,84,90)(H,96,97)(H3,77,78,98)(H,82,85,93)(H,100,101,102)/t58-,65-,74?,75?,76?/m0/s1. The van der Waals surface area contributed by atoms with Crippen molar-refractivity contribution in [2.75, 3.05) is 67.7 Å². The minimum absolute atomic E-state index is 0.00418. The van der Waals surface area contributed by atoms with Crippen LogP contribution in [0, 0.1) is 23.7 Å². The van der Waals surface area contributed by atoms with Crippen LogP contribution < -0.4 is 42.0 Å². The number of carboxylic acids is 1.